The number of benzene rings is 1. The maximum Gasteiger partial charge on any atom is 0.130 e. The summed E-state index contributed by atoms with van der Waals surface area (Å²) in [5.41, 5.74) is 1.04. The molecule has 1 aromatic carbocycles. The van der Waals surface area contributed by atoms with Crippen molar-refractivity contribution in [3.05, 3.63) is 35.1 Å². The third kappa shape index (κ3) is 2.52. The Morgan fingerprint density at radius 2 is 2.06 bits per heavy atom. The molecule has 0 radical (unpaired) electrons. The van der Waals surface area contributed by atoms with Crippen molar-refractivity contribution in [1.82, 2.24) is 4.98 Å². The van der Waals surface area contributed by atoms with Crippen LogP contribution in [-0.4, -0.2) is 12.1 Å². The van der Waals surface area contributed by atoms with Crippen LogP contribution in [0.2, 0.25) is 5.15 Å². The first-order chi connectivity index (χ1) is 8.11. The van der Waals surface area contributed by atoms with E-state index in [1.54, 1.807) is 7.11 Å². The van der Waals surface area contributed by atoms with Crippen molar-refractivity contribution in [2.45, 2.75) is 20.3 Å². The van der Waals surface area contributed by atoms with E-state index in [0.717, 1.165) is 28.6 Å². The zero-order chi connectivity index (χ0) is 12.4. The molecule has 0 unspecified atom stereocenters. The first kappa shape index (κ1) is 12.2. The Morgan fingerprint density at radius 3 is 2.71 bits per heavy atom. The second-order valence-corrected chi connectivity index (χ2v) is 4.93. The van der Waals surface area contributed by atoms with Crippen LogP contribution in [0.5, 0.6) is 5.75 Å². The Bertz CT molecular complexity index is 537. The van der Waals surface area contributed by atoms with Gasteiger partial charge in [-0.25, -0.2) is 4.98 Å². The lowest BCUT2D eigenvalue weighted by Gasteiger charge is -2.11. The maximum absolute atomic E-state index is 6.07. The van der Waals surface area contributed by atoms with E-state index in [-0.39, 0.29) is 0 Å². The highest BCUT2D eigenvalue weighted by molar-refractivity contribution is 6.30. The van der Waals surface area contributed by atoms with Gasteiger partial charge in [-0.1, -0.05) is 37.6 Å². The second kappa shape index (κ2) is 4.92. The van der Waals surface area contributed by atoms with Crippen molar-refractivity contribution in [3.63, 3.8) is 0 Å². The summed E-state index contributed by atoms with van der Waals surface area (Å²) in [5, 5.41) is 2.69. The van der Waals surface area contributed by atoms with Crippen molar-refractivity contribution in [2.24, 2.45) is 5.92 Å². The highest BCUT2D eigenvalue weighted by atomic mass is 35.5. The fourth-order valence-corrected chi connectivity index (χ4v) is 2.22. The molecule has 0 saturated heterocycles. The van der Waals surface area contributed by atoms with E-state index in [1.807, 2.05) is 18.2 Å². The van der Waals surface area contributed by atoms with Gasteiger partial charge in [-0.3, -0.25) is 0 Å². The SMILES string of the molecule is COc1cccc2c(CC(C)C)nc(Cl)cc12. The smallest absolute Gasteiger partial charge is 0.130 e. The summed E-state index contributed by atoms with van der Waals surface area (Å²) in [5.74, 6) is 1.40. The monoisotopic (exact) mass is 249 g/mol. The van der Waals surface area contributed by atoms with Crippen LogP contribution in [0.3, 0.4) is 0 Å². The van der Waals surface area contributed by atoms with Crippen LogP contribution in [0.15, 0.2) is 24.3 Å². The Balaban J connectivity index is 2.67. The van der Waals surface area contributed by atoms with Crippen LogP contribution in [0.1, 0.15) is 19.5 Å². The molecule has 0 N–H and O–H groups in total. The van der Waals surface area contributed by atoms with Gasteiger partial charge in [0.1, 0.15) is 10.9 Å². The molecule has 1 aromatic heterocycles. The molecule has 0 saturated carbocycles. The number of hydrogen-bond donors (Lipinski definition) is 0. The van der Waals surface area contributed by atoms with Gasteiger partial charge in [0.25, 0.3) is 0 Å². The van der Waals surface area contributed by atoms with E-state index in [0.29, 0.717) is 11.1 Å². The molecule has 17 heavy (non-hydrogen) atoms. The first-order valence-electron chi connectivity index (χ1n) is 5.74. The van der Waals surface area contributed by atoms with Crippen LogP contribution >= 0.6 is 11.6 Å². The minimum absolute atomic E-state index is 0.526. The average molecular weight is 250 g/mol. The number of hydrogen-bond acceptors (Lipinski definition) is 2. The van der Waals surface area contributed by atoms with Gasteiger partial charge in [-0.15, -0.1) is 0 Å². The summed E-state index contributed by atoms with van der Waals surface area (Å²) in [6.45, 7) is 4.35. The second-order valence-electron chi connectivity index (χ2n) is 4.55. The molecule has 0 fully saturated rings. The Hall–Kier alpha value is -1.28. The van der Waals surface area contributed by atoms with Crippen LogP contribution < -0.4 is 4.74 Å². The van der Waals surface area contributed by atoms with E-state index < -0.39 is 0 Å². The third-order valence-corrected chi connectivity index (χ3v) is 2.90. The standard InChI is InChI=1S/C14H16ClNO/c1-9(2)7-12-10-5-4-6-13(17-3)11(10)8-14(15)16-12/h4-6,8-9H,7H2,1-3H3. The van der Waals surface area contributed by atoms with E-state index in [1.165, 1.54) is 0 Å². The largest absolute Gasteiger partial charge is 0.496 e. The van der Waals surface area contributed by atoms with Gasteiger partial charge in [0.05, 0.1) is 12.8 Å². The molecule has 0 spiro atoms. The third-order valence-electron chi connectivity index (χ3n) is 2.70. The van der Waals surface area contributed by atoms with Gasteiger partial charge in [0, 0.05) is 10.8 Å². The molecule has 0 aliphatic rings. The van der Waals surface area contributed by atoms with Gasteiger partial charge in [-0.05, 0) is 24.5 Å². The molecule has 90 valence electrons. The topological polar surface area (TPSA) is 22.1 Å². The fourth-order valence-electron chi connectivity index (χ4n) is 2.01. The summed E-state index contributed by atoms with van der Waals surface area (Å²) < 4.78 is 5.36. The number of nitrogens with zero attached hydrogens (tertiary/aromatic N) is 1. The van der Waals surface area contributed by atoms with Crippen LogP contribution in [0.25, 0.3) is 10.8 Å². The molecule has 2 rings (SSSR count). The van der Waals surface area contributed by atoms with Gasteiger partial charge in [0.2, 0.25) is 0 Å². The van der Waals surface area contributed by atoms with E-state index in [9.17, 15) is 0 Å². The quantitative estimate of drug-likeness (QED) is 0.765. The van der Waals surface area contributed by atoms with Crippen LogP contribution in [0, 0.1) is 5.92 Å². The average Bonchev–Trinajstić information content (AvgIpc) is 2.27. The molecule has 0 bridgehead atoms. The lowest BCUT2D eigenvalue weighted by atomic mass is 10.0. The molecule has 2 nitrogen and oxygen atoms in total. The number of fused-ring (bicyclic) bond motifs is 1. The molecule has 0 atom stereocenters. The lowest BCUT2D eigenvalue weighted by molar-refractivity contribution is 0.419. The molecule has 1 heterocycles. The zero-order valence-electron chi connectivity index (χ0n) is 10.3. The summed E-state index contributed by atoms with van der Waals surface area (Å²) in [6, 6.07) is 7.86. The van der Waals surface area contributed by atoms with Gasteiger partial charge in [-0.2, -0.15) is 0 Å². The fraction of sp³-hybridized carbons (Fsp3) is 0.357. The summed E-state index contributed by atoms with van der Waals surface area (Å²) in [6.07, 6.45) is 0.921. The predicted octanol–water partition coefficient (Wildman–Crippen LogP) is 4.10. The van der Waals surface area contributed by atoms with E-state index in [4.69, 9.17) is 16.3 Å². The normalized spacial score (nSPS) is 11.1. The molecular formula is C14H16ClNO. The Labute approximate surface area is 107 Å². The number of halogens is 1. The predicted molar refractivity (Wildman–Crippen MR) is 71.8 cm³/mol. The van der Waals surface area contributed by atoms with Crippen molar-refractivity contribution in [2.75, 3.05) is 7.11 Å². The summed E-state index contributed by atoms with van der Waals surface area (Å²) >= 11 is 6.07. The summed E-state index contributed by atoms with van der Waals surface area (Å²) in [4.78, 5) is 4.43. The molecule has 0 amide bonds. The molecule has 2 aromatic rings. The minimum Gasteiger partial charge on any atom is -0.496 e. The number of rotatable bonds is 3. The molecule has 0 aliphatic carbocycles. The van der Waals surface area contributed by atoms with Crippen molar-refractivity contribution < 1.29 is 4.74 Å². The van der Waals surface area contributed by atoms with Crippen molar-refractivity contribution >= 4 is 22.4 Å². The maximum atomic E-state index is 6.07. The highest BCUT2D eigenvalue weighted by Crippen LogP contribution is 2.30. The van der Waals surface area contributed by atoms with E-state index >= 15 is 0 Å². The molecule has 3 heteroatoms. The van der Waals surface area contributed by atoms with Gasteiger partial charge in [0.15, 0.2) is 0 Å². The van der Waals surface area contributed by atoms with Crippen LogP contribution in [-0.2, 0) is 6.42 Å². The molecular weight excluding hydrogens is 234 g/mol. The first-order valence-corrected chi connectivity index (χ1v) is 6.11. The van der Waals surface area contributed by atoms with Crippen LogP contribution in [0.4, 0.5) is 0 Å². The molecule has 0 aliphatic heterocycles. The van der Waals surface area contributed by atoms with Gasteiger partial charge < -0.3 is 4.74 Å². The van der Waals surface area contributed by atoms with Gasteiger partial charge >= 0.3 is 0 Å². The number of aromatic nitrogens is 1. The lowest BCUT2D eigenvalue weighted by Crippen LogP contribution is -1.99. The van der Waals surface area contributed by atoms with E-state index in [2.05, 4.69) is 24.9 Å². The minimum atomic E-state index is 0.526. The number of pyridine rings is 1. The number of methoxy groups -OCH3 is 1. The summed E-state index contributed by atoms with van der Waals surface area (Å²) in [7, 11) is 1.67. The van der Waals surface area contributed by atoms with Crippen molar-refractivity contribution in [1.29, 1.82) is 0 Å². The highest BCUT2D eigenvalue weighted by Gasteiger charge is 2.10. The van der Waals surface area contributed by atoms with Crippen molar-refractivity contribution in [3.8, 4) is 5.75 Å². The number of ether oxygens (including phenoxy) is 1. The Morgan fingerprint density at radius 1 is 1.29 bits per heavy atom. The Kier molecular flexibility index (Phi) is 3.53. The zero-order valence-corrected chi connectivity index (χ0v) is 11.1.